The van der Waals surface area contributed by atoms with Gasteiger partial charge in [-0.05, 0) is 62.6 Å². The lowest BCUT2D eigenvalue weighted by atomic mass is 10.0. The number of ether oxygens (including phenoxy) is 3. The smallest absolute Gasteiger partial charge is 0.230 e. The predicted octanol–water partition coefficient (Wildman–Crippen LogP) is 5.33. The van der Waals surface area contributed by atoms with E-state index in [1.165, 1.54) is 4.90 Å². The molecule has 49 heavy (non-hydrogen) atoms. The summed E-state index contributed by atoms with van der Waals surface area (Å²) >= 11 is 8.11. The van der Waals surface area contributed by atoms with Crippen LogP contribution in [-0.2, 0) is 30.4 Å². The lowest BCUT2D eigenvalue weighted by molar-refractivity contribution is -0.139. The SMILES string of the molecule is CC.Cc1cc(Cl)cc(-c2ccnc3cc(CN4C(=O)CCC4=O)sc23)c1OC1CCN(CCCNC(=O)CCOCCOCCN)CC1. The van der Waals surface area contributed by atoms with Gasteiger partial charge in [0.05, 0.1) is 43.2 Å². The molecular formula is C36H50ClN5O6S. The highest BCUT2D eigenvalue weighted by molar-refractivity contribution is 7.19. The third kappa shape index (κ3) is 11.2. The molecule has 2 aliphatic rings. The van der Waals surface area contributed by atoms with Crippen molar-refractivity contribution < 1.29 is 28.6 Å². The number of halogens is 1. The van der Waals surface area contributed by atoms with Crippen LogP contribution in [0.1, 0.15) is 62.8 Å². The molecule has 0 unspecified atom stereocenters. The van der Waals surface area contributed by atoms with E-state index in [0.717, 1.165) is 76.4 Å². The highest BCUT2D eigenvalue weighted by Gasteiger charge is 2.30. The van der Waals surface area contributed by atoms with Crippen LogP contribution in [0.15, 0.2) is 30.5 Å². The molecule has 0 aliphatic carbocycles. The zero-order valence-electron chi connectivity index (χ0n) is 28.9. The zero-order valence-corrected chi connectivity index (χ0v) is 30.5. The Morgan fingerprint density at radius 1 is 1.04 bits per heavy atom. The van der Waals surface area contributed by atoms with Gasteiger partial charge in [-0.1, -0.05) is 25.4 Å². The Bertz CT molecular complexity index is 1530. The van der Waals surface area contributed by atoms with Crippen molar-refractivity contribution >= 4 is 50.9 Å². The summed E-state index contributed by atoms with van der Waals surface area (Å²) in [6.45, 7) is 12.0. The first-order chi connectivity index (χ1) is 23.8. The molecule has 2 aromatic heterocycles. The largest absolute Gasteiger partial charge is 0.489 e. The molecule has 268 valence electrons. The molecule has 4 heterocycles. The Morgan fingerprint density at radius 3 is 2.47 bits per heavy atom. The summed E-state index contributed by atoms with van der Waals surface area (Å²) in [6.07, 6.45) is 5.40. The van der Waals surface area contributed by atoms with Crippen LogP contribution < -0.4 is 15.8 Å². The highest BCUT2D eigenvalue weighted by Crippen LogP contribution is 2.42. The Kier molecular flexibility index (Phi) is 15.7. The van der Waals surface area contributed by atoms with Gasteiger partial charge < -0.3 is 30.2 Å². The molecule has 0 saturated carbocycles. The minimum Gasteiger partial charge on any atom is -0.489 e. The Balaban J connectivity index is 0.00000265. The fourth-order valence-electron chi connectivity index (χ4n) is 5.93. The molecule has 13 heteroatoms. The van der Waals surface area contributed by atoms with Gasteiger partial charge in [0.1, 0.15) is 11.9 Å². The van der Waals surface area contributed by atoms with E-state index in [2.05, 4.69) is 15.2 Å². The maximum atomic E-state index is 12.2. The molecule has 0 spiro atoms. The number of benzene rings is 1. The van der Waals surface area contributed by atoms with Crippen molar-refractivity contribution in [1.29, 1.82) is 0 Å². The van der Waals surface area contributed by atoms with Crippen molar-refractivity contribution in [3.05, 3.63) is 45.9 Å². The summed E-state index contributed by atoms with van der Waals surface area (Å²) in [5, 5.41) is 3.61. The molecule has 3 aromatic rings. The number of likely N-dealkylation sites (tertiary alicyclic amines) is 2. The third-order valence-electron chi connectivity index (χ3n) is 8.36. The number of piperidine rings is 1. The molecule has 11 nitrogen and oxygen atoms in total. The number of nitrogens with zero attached hydrogens (tertiary/aromatic N) is 3. The van der Waals surface area contributed by atoms with Crippen LogP contribution in [0.3, 0.4) is 0 Å². The van der Waals surface area contributed by atoms with Crippen LogP contribution in [0.2, 0.25) is 5.02 Å². The van der Waals surface area contributed by atoms with Crippen molar-refractivity contribution in [2.45, 2.75) is 71.9 Å². The number of fused-ring (bicyclic) bond motifs is 1. The van der Waals surface area contributed by atoms with Crippen LogP contribution >= 0.6 is 22.9 Å². The Hall–Kier alpha value is -3.13. The Labute approximate surface area is 298 Å². The van der Waals surface area contributed by atoms with E-state index in [1.54, 1.807) is 17.5 Å². The lowest BCUT2D eigenvalue weighted by Gasteiger charge is -2.33. The minimum atomic E-state index is -0.127. The molecule has 2 aliphatic heterocycles. The Morgan fingerprint density at radius 2 is 1.76 bits per heavy atom. The summed E-state index contributed by atoms with van der Waals surface area (Å²) in [5.74, 6) is 0.558. The molecule has 0 radical (unpaired) electrons. The van der Waals surface area contributed by atoms with Crippen molar-refractivity contribution in [2.75, 3.05) is 59.2 Å². The number of imide groups is 1. The fraction of sp³-hybridized carbons (Fsp3) is 0.556. The normalized spacial score (nSPS) is 15.5. The first kappa shape index (κ1) is 38.7. The predicted molar refractivity (Wildman–Crippen MR) is 194 cm³/mol. The molecule has 0 atom stereocenters. The summed E-state index contributed by atoms with van der Waals surface area (Å²) < 4.78 is 18.4. The van der Waals surface area contributed by atoms with E-state index in [4.69, 9.17) is 31.5 Å². The van der Waals surface area contributed by atoms with E-state index in [9.17, 15) is 14.4 Å². The average molecular weight is 716 g/mol. The van der Waals surface area contributed by atoms with Gasteiger partial charge in [0.15, 0.2) is 0 Å². The second-order valence-corrected chi connectivity index (χ2v) is 13.5. The van der Waals surface area contributed by atoms with Crippen LogP contribution in [-0.4, -0.2) is 97.8 Å². The van der Waals surface area contributed by atoms with Crippen molar-refractivity contribution in [3.8, 4) is 16.9 Å². The number of rotatable bonds is 17. The summed E-state index contributed by atoms with van der Waals surface area (Å²) in [5.41, 5.74) is 9.02. The second kappa shape index (κ2) is 19.9. The minimum absolute atomic E-state index is 0.00355. The number of nitrogens with one attached hydrogen (secondary N) is 1. The van der Waals surface area contributed by atoms with Gasteiger partial charge in [-0.3, -0.25) is 24.3 Å². The summed E-state index contributed by atoms with van der Waals surface area (Å²) in [6, 6.07) is 7.80. The summed E-state index contributed by atoms with van der Waals surface area (Å²) in [7, 11) is 0. The van der Waals surface area contributed by atoms with Gasteiger partial charge in [0, 0.05) is 72.7 Å². The first-order valence-electron chi connectivity index (χ1n) is 17.3. The van der Waals surface area contributed by atoms with Crippen LogP contribution in [0.25, 0.3) is 21.3 Å². The van der Waals surface area contributed by atoms with Crippen molar-refractivity contribution in [2.24, 2.45) is 5.73 Å². The van der Waals surface area contributed by atoms with Crippen molar-refractivity contribution in [3.63, 3.8) is 0 Å². The topological polar surface area (TPSA) is 136 Å². The van der Waals surface area contributed by atoms with E-state index in [0.29, 0.717) is 51.0 Å². The van der Waals surface area contributed by atoms with Crippen LogP contribution in [0.5, 0.6) is 5.75 Å². The monoisotopic (exact) mass is 715 g/mol. The number of hydrogen-bond donors (Lipinski definition) is 2. The standard InChI is InChI=1S/C34H44ClN5O6S.C2H6/c1-23-19-24(35)20-28(27-5-11-37-29-21-26(47-34(27)29)22-40-31(42)3-4-32(40)43)33(23)46-25-6-13-39(14-7-25)12-2-10-38-30(41)8-15-44-17-18-45-16-9-36;1-2/h5,11,19-21,25H,2-4,6-10,12-18,22,36H2,1H3,(H,38,41);1-2H3. The number of nitrogens with two attached hydrogens (primary N) is 1. The molecule has 1 aromatic carbocycles. The van der Waals surface area contributed by atoms with E-state index >= 15 is 0 Å². The van der Waals surface area contributed by atoms with Crippen LogP contribution in [0.4, 0.5) is 0 Å². The molecule has 2 fully saturated rings. The average Bonchev–Trinajstić information content (AvgIpc) is 3.67. The maximum absolute atomic E-state index is 12.2. The van der Waals surface area contributed by atoms with Gasteiger partial charge in [0.25, 0.3) is 0 Å². The molecule has 0 bridgehead atoms. The molecule has 2 saturated heterocycles. The molecule has 3 N–H and O–H groups in total. The number of aromatic nitrogens is 1. The number of pyridine rings is 1. The zero-order chi connectivity index (χ0) is 35.2. The first-order valence-corrected chi connectivity index (χ1v) is 18.5. The lowest BCUT2D eigenvalue weighted by Crippen LogP contribution is -2.39. The molecule has 3 amide bonds. The van der Waals surface area contributed by atoms with E-state index in [1.807, 2.05) is 45.0 Å². The van der Waals surface area contributed by atoms with Crippen molar-refractivity contribution in [1.82, 2.24) is 20.1 Å². The van der Waals surface area contributed by atoms with E-state index < -0.39 is 0 Å². The fourth-order valence-corrected chi connectivity index (χ4v) is 7.33. The van der Waals surface area contributed by atoms with Gasteiger partial charge >= 0.3 is 0 Å². The maximum Gasteiger partial charge on any atom is 0.230 e. The number of amides is 3. The number of carbonyl (C=O) groups excluding carboxylic acids is 3. The van der Waals surface area contributed by atoms with Gasteiger partial charge in [-0.15, -0.1) is 11.3 Å². The van der Waals surface area contributed by atoms with Gasteiger partial charge in [-0.25, -0.2) is 0 Å². The number of aryl methyl sites for hydroxylation is 1. The second-order valence-electron chi connectivity index (χ2n) is 11.9. The highest BCUT2D eigenvalue weighted by atomic mass is 35.5. The van der Waals surface area contributed by atoms with Gasteiger partial charge in [-0.2, -0.15) is 0 Å². The van der Waals surface area contributed by atoms with Gasteiger partial charge in [0.2, 0.25) is 17.7 Å². The number of carbonyl (C=O) groups is 3. The summed E-state index contributed by atoms with van der Waals surface area (Å²) in [4.78, 5) is 45.8. The molecular weight excluding hydrogens is 666 g/mol. The van der Waals surface area contributed by atoms with Crippen LogP contribution in [0, 0.1) is 6.92 Å². The number of thiophene rings is 1. The van der Waals surface area contributed by atoms with E-state index in [-0.39, 0.29) is 43.2 Å². The molecule has 5 rings (SSSR count). The number of hydrogen-bond acceptors (Lipinski definition) is 10. The third-order valence-corrected chi connectivity index (χ3v) is 9.72. The quantitative estimate of drug-likeness (QED) is 0.140.